The Bertz CT molecular complexity index is 380. The third-order valence-electron chi connectivity index (χ3n) is 4.93. The van der Waals surface area contributed by atoms with Crippen LogP contribution in [0.15, 0.2) is 0 Å². The van der Waals surface area contributed by atoms with Crippen molar-refractivity contribution in [3.8, 4) is 0 Å². The molecule has 19 heavy (non-hydrogen) atoms. The molecule has 1 spiro atoms. The summed E-state index contributed by atoms with van der Waals surface area (Å²) < 4.78 is 31.6. The Kier molecular flexibility index (Phi) is 3.08. The molecule has 0 aromatic rings. The Morgan fingerprint density at radius 1 is 1.37 bits per heavy atom. The number of ether oxygens (including phenoxy) is 1. The van der Waals surface area contributed by atoms with Gasteiger partial charge in [-0.15, -0.1) is 0 Å². The van der Waals surface area contributed by atoms with Crippen molar-refractivity contribution >= 4 is 5.91 Å². The molecule has 3 rings (SSSR count). The summed E-state index contributed by atoms with van der Waals surface area (Å²) >= 11 is 0. The van der Waals surface area contributed by atoms with E-state index in [2.05, 4.69) is 6.92 Å². The van der Waals surface area contributed by atoms with Crippen LogP contribution >= 0.6 is 0 Å². The molecule has 108 valence electrons. The lowest BCUT2D eigenvalue weighted by atomic mass is 9.80. The Hall–Kier alpha value is -0.710. The Morgan fingerprint density at radius 3 is 2.68 bits per heavy atom. The molecule has 0 radical (unpaired) electrons. The van der Waals surface area contributed by atoms with Crippen LogP contribution in [0.4, 0.5) is 8.78 Å². The average Bonchev–Trinajstić information content (AvgIpc) is 2.93. The van der Waals surface area contributed by atoms with Crippen LogP contribution in [0.3, 0.4) is 0 Å². The number of likely N-dealkylation sites (tertiary alicyclic amines) is 1. The van der Waals surface area contributed by atoms with Gasteiger partial charge in [-0.25, -0.2) is 8.78 Å². The molecule has 2 saturated heterocycles. The lowest BCUT2D eigenvalue weighted by molar-refractivity contribution is -0.159. The molecule has 0 N–H and O–H groups in total. The first-order valence-corrected chi connectivity index (χ1v) is 7.24. The monoisotopic (exact) mass is 273 g/mol. The van der Waals surface area contributed by atoms with Crippen LogP contribution in [0.1, 0.15) is 39.0 Å². The smallest absolute Gasteiger partial charge is 0.249 e. The standard InChI is InChI=1S/C14H21F2NO2/c1-2-10-5-13(19-8-10)3-4-17(9-13)12(18)11-6-14(15,16)7-11/h10-11H,2-9H2,1H3. The number of nitrogens with zero attached hydrogens (tertiary/aromatic N) is 1. The van der Waals surface area contributed by atoms with Crippen molar-refractivity contribution in [3.63, 3.8) is 0 Å². The summed E-state index contributed by atoms with van der Waals surface area (Å²) in [5, 5.41) is 0. The maximum atomic E-state index is 12.8. The summed E-state index contributed by atoms with van der Waals surface area (Å²) in [7, 11) is 0. The fourth-order valence-electron chi connectivity index (χ4n) is 3.61. The second-order valence-corrected chi connectivity index (χ2v) is 6.44. The third kappa shape index (κ3) is 2.37. The van der Waals surface area contributed by atoms with Gasteiger partial charge in [-0.05, 0) is 18.8 Å². The van der Waals surface area contributed by atoms with Crippen molar-refractivity contribution in [1.29, 1.82) is 0 Å². The average molecular weight is 273 g/mol. The summed E-state index contributed by atoms with van der Waals surface area (Å²) in [4.78, 5) is 13.9. The highest BCUT2D eigenvalue weighted by Gasteiger charge is 2.52. The van der Waals surface area contributed by atoms with E-state index in [9.17, 15) is 13.6 Å². The van der Waals surface area contributed by atoms with E-state index >= 15 is 0 Å². The van der Waals surface area contributed by atoms with Crippen molar-refractivity contribution in [3.05, 3.63) is 0 Å². The van der Waals surface area contributed by atoms with E-state index in [0.717, 1.165) is 25.9 Å². The summed E-state index contributed by atoms with van der Waals surface area (Å²) in [6, 6.07) is 0. The maximum Gasteiger partial charge on any atom is 0.249 e. The first kappa shape index (κ1) is 13.3. The van der Waals surface area contributed by atoms with Gasteiger partial charge in [-0.2, -0.15) is 0 Å². The van der Waals surface area contributed by atoms with Gasteiger partial charge in [0.1, 0.15) is 0 Å². The highest BCUT2D eigenvalue weighted by Crippen LogP contribution is 2.45. The molecule has 5 heteroatoms. The van der Waals surface area contributed by atoms with Crippen LogP contribution < -0.4 is 0 Å². The molecule has 0 aromatic heterocycles. The normalized spacial score (nSPS) is 37.8. The van der Waals surface area contributed by atoms with E-state index in [-0.39, 0.29) is 24.3 Å². The van der Waals surface area contributed by atoms with E-state index in [0.29, 0.717) is 19.0 Å². The second-order valence-electron chi connectivity index (χ2n) is 6.44. The molecule has 3 aliphatic rings. The molecule has 0 bridgehead atoms. The number of rotatable bonds is 2. The van der Waals surface area contributed by atoms with Crippen molar-refractivity contribution in [2.75, 3.05) is 19.7 Å². The predicted octanol–water partition coefficient (Wildman–Crippen LogP) is 2.45. The molecule has 3 nitrogen and oxygen atoms in total. The summed E-state index contributed by atoms with van der Waals surface area (Å²) in [5.41, 5.74) is -0.178. The van der Waals surface area contributed by atoms with Gasteiger partial charge in [0.15, 0.2) is 0 Å². The lowest BCUT2D eigenvalue weighted by Crippen LogP contribution is -2.47. The lowest BCUT2D eigenvalue weighted by Gasteiger charge is -2.36. The molecule has 2 heterocycles. The van der Waals surface area contributed by atoms with Gasteiger partial charge >= 0.3 is 0 Å². The molecule has 2 aliphatic heterocycles. The number of halogens is 2. The minimum absolute atomic E-state index is 0.0913. The quantitative estimate of drug-likeness (QED) is 0.773. The highest BCUT2D eigenvalue weighted by molar-refractivity contribution is 5.80. The number of alkyl halides is 2. The van der Waals surface area contributed by atoms with Gasteiger partial charge < -0.3 is 9.64 Å². The predicted molar refractivity (Wildman–Crippen MR) is 65.9 cm³/mol. The molecule has 1 saturated carbocycles. The van der Waals surface area contributed by atoms with Crippen LogP contribution in [0.5, 0.6) is 0 Å². The highest BCUT2D eigenvalue weighted by atomic mass is 19.3. The molecule has 0 aromatic carbocycles. The first-order valence-electron chi connectivity index (χ1n) is 7.24. The topological polar surface area (TPSA) is 29.5 Å². The fraction of sp³-hybridized carbons (Fsp3) is 0.929. The van der Waals surface area contributed by atoms with Gasteiger partial charge in [0.25, 0.3) is 0 Å². The number of hydrogen-bond acceptors (Lipinski definition) is 2. The van der Waals surface area contributed by atoms with E-state index in [4.69, 9.17) is 4.74 Å². The van der Waals surface area contributed by atoms with Crippen molar-refractivity contribution in [2.45, 2.75) is 50.6 Å². The van der Waals surface area contributed by atoms with Crippen LogP contribution in [-0.2, 0) is 9.53 Å². The number of carbonyl (C=O) groups is 1. The summed E-state index contributed by atoms with van der Waals surface area (Å²) in [5.74, 6) is -2.59. The zero-order valence-corrected chi connectivity index (χ0v) is 11.3. The van der Waals surface area contributed by atoms with Crippen molar-refractivity contribution < 1.29 is 18.3 Å². The molecule has 1 aliphatic carbocycles. The first-order chi connectivity index (χ1) is 8.93. The van der Waals surface area contributed by atoms with Crippen molar-refractivity contribution in [2.24, 2.45) is 11.8 Å². The molecule has 3 fully saturated rings. The number of carbonyl (C=O) groups excluding carboxylic acids is 1. The third-order valence-corrected chi connectivity index (χ3v) is 4.93. The van der Waals surface area contributed by atoms with Crippen LogP contribution in [0, 0.1) is 11.8 Å². The minimum Gasteiger partial charge on any atom is -0.373 e. The fourth-order valence-corrected chi connectivity index (χ4v) is 3.61. The molecule has 2 atom stereocenters. The van der Waals surface area contributed by atoms with Gasteiger partial charge in [0.2, 0.25) is 11.8 Å². The Labute approximate surface area is 112 Å². The SMILES string of the molecule is CCC1COC2(CCN(C(=O)C3CC(F)(F)C3)C2)C1. The van der Waals surface area contributed by atoms with E-state index in [1.54, 1.807) is 4.90 Å². The molecule has 1 amide bonds. The maximum absolute atomic E-state index is 12.8. The molecular weight excluding hydrogens is 252 g/mol. The number of amides is 1. The van der Waals surface area contributed by atoms with Crippen LogP contribution in [0.2, 0.25) is 0 Å². The Morgan fingerprint density at radius 2 is 2.11 bits per heavy atom. The second kappa shape index (κ2) is 4.40. The van der Waals surface area contributed by atoms with Crippen LogP contribution in [0.25, 0.3) is 0 Å². The zero-order chi connectivity index (χ0) is 13.7. The zero-order valence-electron chi connectivity index (χ0n) is 11.3. The van der Waals surface area contributed by atoms with E-state index < -0.39 is 11.8 Å². The van der Waals surface area contributed by atoms with Gasteiger partial charge in [-0.1, -0.05) is 13.3 Å². The van der Waals surface area contributed by atoms with E-state index in [1.165, 1.54) is 0 Å². The molecule has 2 unspecified atom stereocenters. The largest absolute Gasteiger partial charge is 0.373 e. The van der Waals surface area contributed by atoms with Crippen molar-refractivity contribution in [1.82, 2.24) is 4.90 Å². The van der Waals surface area contributed by atoms with Gasteiger partial charge in [-0.3, -0.25) is 4.79 Å². The summed E-state index contributed by atoms with van der Waals surface area (Å²) in [6.07, 6.45) is 2.43. The Balaban J connectivity index is 1.56. The molecular formula is C14H21F2NO2. The van der Waals surface area contributed by atoms with Gasteiger partial charge in [0.05, 0.1) is 12.2 Å². The van der Waals surface area contributed by atoms with E-state index in [1.807, 2.05) is 0 Å². The minimum atomic E-state index is -2.62. The summed E-state index contributed by atoms with van der Waals surface area (Å²) in [6.45, 7) is 4.20. The number of hydrogen-bond donors (Lipinski definition) is 0. The van der Waals surface area contributed by atoms with Gasteiger partial charge in [0, 0.05) is 31.8 Å². The van der Waals surface area contributed by atoms with Crippen LogP contribution in [-0.4, -0.2) is 42.0 Å².